The molecule has 2 rings (SSSR count). The Morgan fingerprint density at radius 2 is 2.04 bits per heavy atom. The fraction of sp³-hybridized carbons (Fsp3) is 0.588. The first kappa shape index (κ1) is 20.6. The molecule has 1 amide bonds. The van der Waals surface area contributed by atoms with Crippen LogP contribution in [0, 0.1) is 5.92 Å². The van der Waals surface area contributed by atoms with Crippen LogP contribution in [0.25, 0.3) is 0 Å². The lowest BCUT2D eigenvalue weighted by Gasteiger charge is -2.34. The molecule has 0 radical (unpaired) electrons. The Morgan fingerprint density at radius 1 is 1.35 bits per heavy atom. The second-order valence-corrected chi connectivity index (χ2v) is 7.20. The SMILES string of the molecule is CC(C)N(Cc1ccc(Cl)c(Cl)c1)C(=O)[C@H]1CCN[C@@H](C)C1.Cl. The molecule has 0 saturated carbocycles. The van der Waals surface area contributed by atoms with Crippen LogP contribution in [0.5, 0.6) is 0 Å². The van der Waals surface area contributed by atoms with Crippen molar-refractivity contribution in [2.45, 2.75) is 52.2 Å². The molecule has 1 saturated heterocycles. The van der Waals surface area contributed by atoms with Gasteiger partial charge in [-0.3, -0.25) is 4.79 Å². The van der Waals surface area contributed by atoms with E-state index in [1.807, 2.05) is 17.0 Å². The molecule has 1 aliphatic rings. The molecule has 0 aliphatic carbocycles. The molecule has 1 aliphatic heterocycles. The van der Waals surface area contributed by atoms with Crippen molar-refractivity contribution in [3.63, 3.8) is 0 Å². The average Bonchev–Trinajstić information content (AvgIpc) is 2.47. The van der Waals surface area contributed by atoms with Crippen LogP contribution in [0.2, 0.25) is 10.0 Å². The first-order valence-electron chi connectivity index (χ1n) is 7.86. The monoisotopic (exact) mass is 378 g/mol. The molecule has 1 fully saturated rings. The lowest BCUT2D eigenvalue weighted by atomic mass is 9.91. The number of hydrogen-bond acceptors (Lipinski definition) is 2. The predicted octanol–water partition coefficient (Wildman–Crippen LogP) is 4.54. The minimum absolute atomic E-state index is 0. The van der Waals surface area contributed by atoms with Crippen LogP contribution < -0.4 is 5.32 Å². The van der Waals surface area contributed by atoms with Crippen molar-refractivity contribution in [1.29, 1.82) is 0 Å². The summed E-state index contributed by atoms with van der Waals surface area (Å²) in [6, 6.07) is 6.13. The zero-order valence-electron chi connectivity index (χ0n) is 13.8. The minimum Gasteiger partial charge on any atom is -0.336 e. The summed E-state index contributed by atoms with van der Waals surface area (Å²) in [6.45, 7) is 7.74. The van der Waals surface area contributed by atoms with Gasteiger partial charge in [0.1, 0.15) is 0 Å². The maximum Gasteiger partial charge on any atom is 0.226 e. The van der Waals surface area contributed by atoms with Crippen molar-refractivity contribution in [1.82, 2.24) is 10.2 Å². The van der Waals surface area contributed by atoms with E-state index in [4.69, 9.17) is 23.2 Å². The molecular weight excluding hydrogens is 355 g/mol. The van der Waals surface area contributed by atoms with Gasteiger partial charge in [-0.25, -0.2) is 0 Å². The fourth-order valence-electron chi connectivity index (χ4n) is 2.94. The van der Waals surface area contributed by atoms with Gasteiger partial charge in [0.05, 0.1) is 10.0 Å². The predicted molar refractivity (Wildman–Crippen MR) is 99.6 cm³/mol. The smallest absolute Gasteiger partial charge is 0.226 e. The molecule has 0 unspecified atom stereocenters. The molecule has 0 spiro atoms. The summed E-state index contributed by atoms with van der Waals surface area (Å²) < 4.78 is 0. The summed E-state index contributed by atoms with van der Waals surface area (Å²) in [4.78, 5) is 14.8. The number of nitrogens with one attached hydrogen (secondary N) is 1. The molecule has 1 aromatic rings. The number of amides is 1. The third kappa shape index (κ3) is 5.53. The zero-order chi connectivity index (χ0) is 16.3. The lowest BCUT2D eigenvalue weighted by molar-refractivity contribution is -0.139. The van der Waals surface area contributed by atoms with Crippen LogP contribution in [-0.4, -0.2) is 29.4 Å². The number of piperidine rings is 1. The molecule has 2 atom stereocenters. The van der Waals surface area contributed by atoms with Crippen LogP contribution in [0.15, 0.2) is 18.2 Å². The molecule has 0 bridgehead atoms. The number of carbonyl (C=O) groups excluding carboxylic acids is 1. The van der Waals surface area contributed by atoms with E-state index in [0.717, 1.165) is 24.9 Å². The molecule has 6 heteroatoms. The van der Waals surface area contributed by atoms with Gasteiger partial charge in [0.15, 0.2) is 0 Å². The van der Waals surface area contributed by atoms with Crippen LogP contribution in [0.1, 0.15) is 39.2 Å². The summed E-state index contributed by atoms with van der Waals surface area (Å²) >= 11 is 12.0. The van der Waals surface area contributed by atoms with Crippen molar-refractivity contribution in [2.75, 3.05) is 6.54 Å². The van der Waals surface area contributed by atoms with Crippen LogP contribution in [0.3, 0.4) is 0 Å². The quantitative estimate of drug-likeness (QED) is 0.833. The van der Waals surface area contributed by atoms with Gasteiger partial charge in [-0.2, -0.15) is 0 Å². The summed E-state index contributed by atoms with van der Waals surface area (Å²) in [5, 5.41) is 4.47. The zero-order valence-corrected chi connectivity index (χ0v) is 16.1. The average molecular weight is 380 g/mol. The Morgan fingerprint density at radius 3 is 2.61 bits per heavy atom. The lowest BCUT2D eigenvalue weighted by Crippen LogP contribution is -2.46. The molecular formula is C17H25Cl3N2O. The largest absolute Gasteiger partial charge is 0.336 e. The summed E-state index contributed by atoms with van der Waals surface area (Å²) in [6.07, 6.45) is 1.82. The first-order valence-corrected chi connectivity index (χ1v) is 8.62. The topological polar surface area (TPSA) is 32.3 Å². The second kappa shape index (κ2) is 9.12. The van der Waals surface area contributed by atoms with Gasteiger partial charge in [0, 0.05) is 24.5 Å². The maximum absolute atomic E-state index is 12.9. The van der Waals surface area contributed by atoms with Crippen molar-refractivity contribution in [2.24, 2.45) is 5.92 Å². The van der Waals surface area contributed by atoms with Crippen molar-refractivity contribution < 1.29 is 4.79 Å². The number of carbonyl (C=O) groups is 1. The Hall–Kier alpha value is -0.480. The summed E-state index contributed by atoms with van der Waals surface area (Å²) in [7, 11) is 0. The Bertz CT molecular complexity index is 537. The molecule has 130 valence electrons. The van der Waals surface area contributed by atoms with E-state index in [1.165, 1.54) is 0 Å². The standard InChI is InChI=1S/C17H24Cl2N2O.ClH/c1-11(2)21(10-13-4-5-15(18)16(19)9-13)17(22)14-6-7-20-12(3)8-14;/h4-5,9,11-12,14,20H,6-8,10H2,1-3H3;1H/t12-,14-;/m0./s1. The number of benzene rings is 1. The van der Waals surface area contributed by atoms with Gasteiger partial charge < -0.3 is 10.2 Å². The Balaban J connectivity index is 0.00000264. The number of hydrogen-bond donors (Lipinski definition) is 1. The first-order chi connectivity index (χ1) is 10.4. The maximum atomic E-state index is 12.9. The third-order valence-electron chi connectivity index (χ3n) is 4.22. The Labute approximate surface area is 155 Å². The highest BCUT2D eigenvalue weighted by molar-refractivity contribution is 6.42. The van der Waals surface area contributed by atoms with Crippen molar-refractivity contribution in [3.05, 3.63) is 33.8 Å². The van der Waals surface area contributed by atoms with Gasteiger partial charge in [-0.15, -0.1) is 12.4 Å². The number of halogens is 3. The van der Waals surface area contributed by atoms with Crippen LogP contribution in [-0.2, 0) is 11.3 Å². The van der Waals surface area contributed by atoms with E-state index in [0.29, 0.717) is 22.6 Å². The van der Waals surface area contributed by atoms with Gasteiger partial charge in [-0.1, -0.05) is 29.3 Å². The molecule has 1 N–H and O–H groups in total. The highest BCUT2D eigenvalue weighted by atomic mass is 35.5. The fourth-order valence-corrected chi connectivity index (χ4v) is 3.26. The molecule has 23 heavy (non-hydrogen) atoms. The molecule has 1 heterocycles. The van der Waals surface area contributed by atoms with E-state index in [2.05, 4.69) is 26.1 Å². The van der Waals surface area contributed by atoms with Crippen LogP contribution >= 0.6 is 35.6 Å². The van der Waals surface area contributed by atoms with E-state index in [1.54, 1.807) is 6.07 Å². The van der Waals surface area contributed by atoms with E-state index in [-0.39, 0.29) is 30.3 Å². The highest BCUT2D eigenvalue weighted by Gasteiger charge is 2.29. The highest BCUT2D eigenvalue weighted by Crippen LogP contribution is 2.25. The van der Waals surface area contributed by atoms with E-state index < -0.39 is 0 Å². The number of rotatable bonds is 4. The van der Waals surface area contributed by atoms with E-state index in [9.17, 15) is 4.79 Å². The molecule has 1 aromatic carbocycles. The second-order valence-electron chi connectivity index (χ2n) is 6.38. The molecule has 3 nitrogen and oxygen atoms in total. The third-order valence-corrected chi connectivity index (χ3v) is 4.96. The van der Waals surface area contributed by atoms with Crippen molar-refractivity contribution in [3.8, 4) is 0 Å². The van der Waals surface area contributed by atoms with Crippen molar-refractivity contribution >= 4 is 41.5 Å². The van der Waals surface area contributed by atoms with Gasteiger partial charge in [0.2, 0.25) is 5.91 Å². The molecule has 0 aromatic heterocycles. The van der Waals surface area contributed by atoms with Gasteiger partial charge in [0.25, 0.3) is 0 Å². The van der Waals surface area contributed by atoms with Crippen LogP contribution in [0.4, 0.5) is 0 Å². The van der Waals surface area contributed by atoms with Gasteiger partial charge >= 0.3 is 0 Å². The Kier molecular flexibility index (Phi) is 8.15. The normalized spacial score (nSPS) is 21.0. The van der Waals surface area contributed by atoms with E-state index >= 15 is 0 Å². The minimum atomic E-state index is 0. The van der Waals surface area contributed by atoms with Gasteiger partial charge in [-0.05, 0) is 57.9 Å². The number of nitrogens with zero attached hydrogens (tertiary/aromatic N) is 1. The summed E-state index contributed by atoms with van der Waals surface area (Å²) in [5.74, 6) is 0.357. The summed E-state index contributed by atoms with van der Waals surface area (Å²) in [5.41, 5.74) is 1.01.